The van der Waals surface area contributed by atoms with Gasteiger partial charge in [-0.25, -0.2) is 9.07 Å². The molecule has 3 saturated carbocycles. The first-order chi connectivity index (χ1) is 13.5. The summed E-state index contributed by atoms with van der Waals surface area (Å²) in [5.74, 6) is 3.18. The third-order valence-corrected chi connectivity index (χ3v) is 7.62. The Hall–Kier alpha value is -2.17. The monoisotopic (exact) mass is 381 g/mol. The van der Waals surface area contributed by atoms with E-state index in [1.54, 1.807) is 16.8 Å². The Morgan fingerprint density at radius 3 is 2.68 bits per heavy atom. The van der Waals surface area contributed by atoms with Crippen molar-refractivity contribution in [3.63, 3.8) is 0 Å². The van der Waals surface area contributed by atoms with Gasteiger partial charge in [-0.05, 0) is 87.5 Å². The SMILES string of the molecule is Cc1nn(-c2ccc(F)cc2)c(C)c1CC(=O)N[C@@H]1C[C@H]2C[C@H]1[C@H]1CCC[C@@H]21. The molecular weight excluding hydrogens is 353 g/mol. The van der Waals surface area contributed by atoms with E-state index >= 15 is 0 Å². The number of carbonyl (C=O) groups excluding carboxylic acids is 1. The third kappa shape index (κ3) is 2.87. The van der Waals surface area contributed by atoms with E-state index < -0.39 is 0 Å². The Morgan fingerprint density at radius 1 is 1.14 bits per heavy atom. The molecule has 0 unspecified atom stereocenters. The Morgan fingerprint density at radius 2 is 1.89 bits per heavy atom. The minimum atomic E-state index is -0.264. The van der Waals surface area contributed by atoms with Gasteiger partial charge in [0.2, 0.25) is 5.91 Å². The zero-order valence-electron chi connectivity index (χ0n) is 16.6. The van der Waals surface area contributed by atoms with Crippen molar-refractivity contribution in [2.24, 2.45) is 23.7 Å². The molecule has 0 aliphatic heterocycles. The lowest BCUT2D eigenvalue weighted by molar-refractivity contribution is -0.121. The van der Waals surface area contributed by atoms with Gasteiger partial charge in [-0.3, -0.25) is 4.79 Å². The van der Waals surface area contributed by atoms with Crippen molar-refractivity contribution >= 4 is 5.91 Å². The number of nitrogens with zero attached hydrogens (tertiary/aromatic N) is 2. The molecule has 1 heterocycles. The molecule has 5 heteroatoms. The van der Waals surface area contributed by atoms with Crippen LogP contribution in [0.5, 0.6) is 0 Å². The number of halogens is 1. The van der Waals surface area contributed by atoms with E-state index in [0.29, 0.717) is 18.4 Å². The fourth-order valence-corrected chi connectivity index (χ4v) is 6.42. The van der Waals surface area contributed by atoms with Gasteiger partial charge in [0.15, 0.2) is 0 Å². The van der Waals surface area contributed by atoms with Crippen LogP contribution in [0, 0.1) is 43.3 Å². The smallest absolute Gasteiger partial charge is 0.224 e. The maximum Gasteiger partial charge on any atom is 0.224 e. The van der Waals surface area contributed by atoms with Gasteiger partial charge < -0.3 is 5.32 Å². The summed E-state index contributed by atoms with van der Waals surface area (Å²) in [6.45, 7) is 3.92. The summed E-state index contributed by atoms with van der Waals surface area (Å²) in [6.07, 6.45) is 7.00. The van der Waals surface area contributed by atoms with E-state index in [4.69, 9.17) is 0 Å². The highest BCUT2D eigenvalue weighted by atomic mass is 19.1. The second-order valence-electron chi connectivity index (χ2n) is 9.04. The number of nitrogens with one attached hydrogen (secondary N) is 1. The Balaban J connectivity index is 1.29. The van der Waals surface area contributed by atoms with E-state index in [-0.39, 0.29) is 11.7 Å². The molecule has 2 aromatic rings. The summed E-state index contributed by atoms with van der Waals surface area (Å²) in [5.41, 5.74) is 3.60. The van der Waals surface area contributed by atoms with Crippen molar-refractivity contribution in [1.82, 2.24) is 15.1 Å². The minimum Gasteiger partial charge on any atom is -0.353 e. The maximum atomic E-state index is 13.2. The zero-order chi connectivity index (χ0) is 19.4. The molecule has 28 heavy (non-hydrogen) atoms. The van der Waals surface area contributed by atoms with Crippen molar-refractivity contribution in [3.8, 4) is 5.69 Å². The zero-order valence-corrected chi connectivity index (χ0v) is 16.6. The van der Waals surface area contributed by atoms with Crippen molar-refractivity contribution in [2.75, 3.05) is 0 Å². The van der Waals surface area contributed by atoms with Gasteiger partial charge in [-0.2, -0.15) is 5.10 Å². The van der Waals surface area contributed by atoms with E-state index in [1.807, 2.05) is 13.8 Å². The van der Waals surface area contributed by atoms with Crippen molar-refractivity contribution < 1.29 is 9.18 Å². The number of hydrogen-bond acceptors (Lipinski definition) is 2. The predicted molar refractivity (Wildman–Crippen MR) is 106 cm³/mol. The number of benzene rings is 1. The van der Waals surface area contributed by atoms with Gasteiger partial charge in [0.1, 0.15) is 5.82 Å². The number of carbonyl (C=O) groups is 1. The van der Waals surface area contributed by atoms with E-state index in [2.05, 4.69) is 10.4 Å². The van der Waals surface area contributed by atoms with Crippen LogP contribution in [0.2, 0.25) is 0 Å². The van der Waals surface area contributed by atoms with Crippen molar-refractivity contribution in [3.05, 3.63) is 47.0 Å². The summed E-state index contributed by atoms with van der Waals surface area (Å²) in [4.78, 5) is 12.8. The normalized spacial score (nSPS) is 30.6. The van der Waals surface area contributed by atoms with Crippen LogP contribution < -0.4 is 5.32 Å². The first-order valence-electron chi connectivity index (χ1n) is 10.6. The van der Waals surface area contributed by atoms with Crippen LogP contribution in [0.3, 0.4) is 0 Å². The molecule has 0 spiro atoms. The molecule has 3 aliphatic rings. The Kier molecular flexibility index (Phi) is 4.29. The number of aryl methyl sites for hydroxylation is 1. The second kappa shape index (κ2) is 6.71. The van der Waals surface area contributed by atoms with Crippen LogP contribution in [0.25, 0.3) is 5.69 Å². The fraction of sp³-hybridized carbons (Fsp3) is 0.565. The maximum absolute atomic E-state index is 13.2. The molecule has 0 saturated heterocycles. The standard InChI is InChI=1S/C23H28FN3O/c1-13-20(14(2)27(26-13)17-8-6-16(24)7-9-17)12-23(28)25-22-11-15-10-21(22)19-5-3-4-18(15)19/h6-9,15,18-19,21-22H,3-5,10-12H2,1-2H3,(H,25,28)/t15-,18+,19+,21+,22-/m1/s1. The van der Waals surface area contributed by atoms with Gasteiger partial charge in [0, 0.05) is 17.3 Å². The number of fused-ring (bicyclic) bond motifs is 5. The quantitative estimate of drug-likeness (QED) is 0.866. The van der Waals surface area contributed by atoms with Gasteiger partial charge >= 0.3 is 0 Å². The minimum absolute atomic E-state index is 0.108. The highest BCUT2D eigenvalue weighted by molar-refractivity contribution is 5.79. The van der Waals surface area contributed by atoms with Crippen LogP contribution in [0.1, 0.15) is 49.1 Å². The van der Waals surface area contributed by atoms with Crippen LogP contribution >= 0.6 is 0 Å². The summed E-state index contributed by atoms with van der Waals surface area (Å²) in [5, 5.41) is 7.95. The lowest BCUT2D eigenvalue weighted by Gasteiger charge is -2.32. The van der Waals surface area contributed by atoms with E-state index in [0.717, 1.165) is 40.4 Å². The van der Waals surface area contributed by atoms with E-state index in [1.165, 1.54) is 44.2 Å². The highest BCUT2D eigenvalue weighted by Crippen LogP contribution is 2.58. The summed E-state index contributed by atoms with van der Waals surface area (Å²) in [7, 11) is 0. The van der Waals surface area contributed by atoms with Crippen molar-refractivity contribution in [1.29, 1.82) is 0 Å². The molecule has 3 fully saturated rings. The first-order valence-corrected chi connectivity index (χ1v) is 10.6. The molecule has 5 atom stereocenters. The Bertz CT molecular complexity index is 903. The number of rotatable bonds is 4. The lowest BCUT2D eigenvalue weighted by Crippen LogP contribution is -2.43. The molecule has 1 aromatic heterocycles. The van der Waals surface area contributed by atoms with Crippen LogP contribution in [-0.2, 0) is 11.2 Å². The topological polar surface area (TPSA) is 46.9 Å². The molecule has 1 amide bonds. The summed E-state index contributed by atoms with van der Waals surface area (Å²) >= 11 is 0. The van der Waals surface area contributed by atoms with Gasteiger partial charge in [-0.1, -0.05) is 6.42 Å². The number of hydrogen-bond donors (Lipinski definition) is 1. The number of aromatic nitrogens is 2. The highest BCUT2D eigenvalue weighted by Gasteiger charge is 2.53. The summed E-state index contributed by atoms with van der Waals surface area (Å²) in [6, 6.07) is 6.66. The van der Waals surface area contributed by atoms with Gasteiger partial charge in [0.05, 0.1) is 17.8 Å². The fourth-order valence-electron chi connectivity index (χ4n) is 6.42. The molecule has 4 nitrogen and oxygen atoms in total. The van der Waals surface area contributed by atoms with Crippen LogP contribution in [0.15, 0.2) is 24.3 Å². The predicted octanol–water partition coefficient (Wildman–Crippen LogP) is 4.11. The molecule has 1 aromatic carbocycles. The molecule has 148 valence electrons. The van der Waals surface area contributed by atoms with E-state index in [9.17, 15) is 9.18 Å². The first kappa shape index (κ1) is 17.9. The summed E-state index contributed by atoms with van der Waals surface area (Å²) < 4.78 is 15.0. The largest absolute Gasteiger partial charge is 0.353 e. The molecule has 1 N–H and O–H groups in total. The molecule has 0 radical (unpaired) electrons. The molecular formula is C23H28FN3O. The van der Waals surface area contributed by atoms with Gasteiger partial charge in [-0.15, -0.1) is 0 Å². The average Bonchev–Trinajstić information content (AvgIpc) is 3.41. The second-order valence-corrected chi connectivity index (χ2v) is 9.04. The van der Waals surface area contributed by atoms with Crippen molar-refractivity contribution in [2.45, 2.75) is 58.4 Å². The molecule has 5 rings (SSSR count). The van der Waals surface area contributed by atoms with Gasteiger partial charge in [0.25, 0.3) is 0 Å². The Labute approximate surface area is 165 Å². The van der Waals surface area contributed by atoms with Crippen LogP contribution in [-0.4, -0.2) is 21.7 Å². The third-order valence-electron chi connectivity index (χ3n) is 7.62. The molecule has 3 aliphatic carbocycles. The molecule has 2 bridgehead atoms. The average molecular weight is 381 g/mol. The lowest BCUT2D eigenvalue weighted by atomic mass is 9.79. The number of amides is 1. The van der Waals surface area contributed by atoms with Crippen LogP contribution in [0.4, 0.5) is 4.39 Å².